The second-order valence-electron chi connectivity index (χ2n) is 7.78. The third-order valence-electron chi connectivity index (χ3n) is 6.01. The largest absolute Gasteiger partial charge is 0.342 e. The molecule has 1 amide bonds. The molecule has 3 aliphatic rings. The van der Waals surface area contributed by atoms with Gasteiger partial charge in [0.25, 0.3) is 10.0 Å². The highest BCUT2D eigenvalue weighted by Crippen LogP contribution is 2.31. The molecule has 27 heavy (non-hydrogen) atoms. The van der Waals surface area contributed by atoms with Crippen LogP contribution in [0.25, 0.3) is 0 Å². The molecule has 3 aliphatic heterocycles. The number of nitrogens with one attached hydrogen (secondary N) is 1. The van der Waals surface area contributed by atoms with Gasteiger partial charge in [-0.25, -0.2) is 8.42 Å². The number of nitrogens with zero attached hydrogens (tertiary/aromatic N) is 2. The van der Waals surface area contributed by atoms with Crippen LogP contribution in [0.4, 0.5) is 0 Å². The zero-order chi connectivity index (χ0) is 18.3. The number of fused-ring (bicyclic) bond motifs is 2. The van der Waals surface area contributed by atoms with Crippen molar-refractivity contribution in [2.45, 2.75) is 67.3 Å². The molecule has 3 saturated heterocycles. The van der Waals surface area contributed by atoms with E-state index in [1.165, 1.54) is 24.2 Å². The first-order chi connectivity index (χ1) is 12.4. The Labute approximate surface area is 171 Å². The monoisotopic (exact) mass is 433 g/mol. The van der Waals surface area contributed by atoms with E-state index >= 15 is 0 Å². The highest BCUT2D eigenvalue weighted by Gasteiger charge is 2.36. The third kappa shape index (κ3) is 4.34. The molecule has 152 valence electrons. The number of halogens is 1. The standard InChI is InChI=1S/C18H27N3O3S2.ClH/c1-20(15-10-13-4-5-14(11-15)19-13)17(22)12-16-6-7-18(25-16)26(23,24)21-8-2-3-9-21;/h6-7,13-15,19H,2-5,8-12H2,1H3;1H. The fourth-order valence-electron chi connectivity index (χ4n) is 4.47. The van der Waals surface area contributed by atoms with E-state index < -0.39 is 10.0 Å². The van der Waals surface area contributed by atoms with E-state index in [9.17, 15) is 13.2 Å². The van der Waals surface area contributed by atoms with Crippen LogP contribution < -0.4 is 5.32 Å². The van der Waals surface area contributed by atoms with Crippen molar-refractivity contribution in [3.8, 4) is 0 Å². The Bertz CT molecular complexity index is 765. The van der Waals surface area contributed by atoms with Crippen molar-refractivity contribution in [3.63, 3.8) is 0 Å². The van der Waals surface area contributed by atoms with Crippen LogP contribution in [0.2, 0.25) is 0 Å². The molecule has 1 N–H and O–H groups in total. The van der Waals surface area contributed by atoms with Crippen LogP contribution in [0.3, 0.4) is 0 Å². The molecule has 0 saturated carbocycles. The molecule has 0 aliphatic carbocycles. The van der Waals surface area contributed by atoms with Gasteiger partial charge in [0.1, 0.15) is 4.21 Å². The zero-order valence-corrected chi connectivity index (χ0v) is 18.0. The summed E-state index contributed by atoms with van der Waals surface area (Å²) >= 11 is 1.24. The first kappa shape index (κ1) is 21.0. The first-order valence-corrected chi connectivity index (χ1v) is 11.8. The molecule has 0 spiro atoms. The Morgan fingerprint density at radius 1 is 1.22 bits per heavy atom. The Hall–Kier alpha value is -0.670. The molecule has 3 fully saturated rings. The molecule has 4 heterocycles. The highest BCUT2D eigenvalue weighted by atomic mass is 35.5. The summed E-state index contributed by atoms with van der Waals surface area (Å²) in [5.74, 6) is 0.0864. The van der Waals surface area contributed by atoms with Crippen molar-refractivity contribution in [2.75, 3.05) is 20.1 Å². The molecular weight excluding hydrogens is 406 g/mol. The quantitative estimate of drug-likeness (QED) is 0.773. The van der Waals surface area contributed by atoms with Crippen molar-refractivity contribution in [2.24, 2.45) is 0 Å². The smallest absolute Gasteiger partial charge is 0.252 e. The van der Waals surface area contributed by atoms with Crippen LogP contribution in [0.15, 0.2) is 16.3 Å². The van der Waals surface area contributed by atoms with Gasteiger partial charge in [-0.2, -0.15) is 4.31 Å². The highest BCUT2D eigenvalue weighted by molar-refractivity contribution is 7.91. The summed E-state index contributed by atoms with van der Waals surface area (Å²) < 4.78 is 27.2. The van der Waals surface area contributed by atoms with Gasteiger partial charge in [-0.1, -0.05) is 0 Å². The van der Waals surface area contributed by atoms with Crippen LogP contribution in [0, 0.1) is 0 Å². The average Bonchev–Trinajstić information content (AvgIpc) is 3.35. The Morgan fingerprint density at radius 2 is 1.85 bits per heavy atom. The van der Waals surface area contributed by atoms with Gasteiger partial charge in [-0.05, 0) is 50.7 Å². The van der Waals surface area contributed by atoms with Gasteiger partial charge >= 0.3 is 0 Å². The Balaban J connectivity index is 0.00000210. The lowest BCUT2D eigenvalue weighted by atomic mass is 9.98. The lowest BCUT2D eigenvalue weighted by Crippen LogP contribution is -2.49. The van der Waals surface area contributed by atoms with Gasteiger partial charge in [0.05, 0.1) is 6.42 Å². The van der Waals surface area contributed by atoms with E-state index in [-0.39, 0.29) is 24.7 Å². The van der Waals surface area contributed by atoms with Crippen molar-refractivity contribution < 1.29 is 13.2 Å². The van der Waals surface area contributed by atoms with Crippen molar-refractivity contribution in [1.29, 1.82) is 0 Å². The van der Waals surface area contributed by atoms with Crippen molar-refractivity contribution >= 4 is 39.7 Å². The predicted molar refractivity (Wildman–Crippen MR) is 109 cm³/mol. The number of rotatable bonds is 5. The molecule has 2 bridgehead atoms. The number of thiophene rings is 1. The van der Waals surface area contributed by atoms with E-state index in [1.54, 1.807) is 16.4 Å². The third-order valence-corrected chi connectivity index (χ3v) is 9.46. The van der Waals surface area contributed by atoms with Crippen molar-refractivity contribution in [1.82, 2.24) is 14.5 Å². The number of piperidine rings is 1. The van der Waals surface area contributed by atoms with Gasteiger partial charge in [-0.15, -0.1) is 23.7 Å². The van der Waals surface area contributed by atoms with Gasteiger partial charge in [-0.3, -0.25) is 4.79 Å². The summed E-state index contributed by atoms with van der Waals surface area (Å²) in [6.45, 7) is 1.21. The van der Waals surface area contributed by atoms with Crippen LogP contribution in [-0.4, -0.2) is 61.8 Å². The second kappa shape index (κ2) is 8.37. The van der Waals surface area contributed by atoms with Crippen LogP contribution in [-0.2, 0) is 21.2 Å². The minimum atomic E-state index is -3.38. The SMILES string of the molecule is CN(C(=O)Cc1ccc(S(=O)(=O)N2CCCC2)s1)C1CC2CCC(C1)N2.Cl. The summed E-state index contributed by atoms with van der Waals surface area (Å²) in [5.41, 5.74) is 0. The number of amides is 1. The summed E-state index contributed by atoms with van der Waals surface area (Å²) in [6.07, 6.45) is 6.63. The molecule has 4 rings (SSSR count). The van der Waals surface area contributed by atoms with Gasteiger partial charge < -0.3 is 10.2 Å². The molecule has 0 radical (unpaired) electrons. The van der Waals surface area contributed by atoms with Gasteiger partial charge in [0, 0.05) is 43.1 Å². The fourth-order valence-corrected chi connectivity index (χ4v) is 7.49. The second-order valence-corrected chi connectivity index (χ2v) is 11.1. The van der Waals surface area contributed by atoms with E-state index in [1.807, 2.05) is 11.9 Å². The zero-order valence-electron chi connectivity index (χ0n) is 15.6. The molecule has 9 heteroatoms. The molecule has 1 aromatic heterocycles. The Kier molecular flexibility index (Phi) is 6.52. The first-order valence-electron chi connectivity index (χ1n) is 9.54. The molecule has 0 aromatic carbocycles. The summed E-state index contributed by atoms with van der Waals surface area (Å²) in [7, 11) is -1.49. The molecule has 1 aromatic rings. The lowest BCUT2D eigenvalue weighted by Gasteiger charge is -2.35. The van der Waals surface area contributed by atoms with Crippen LogP contribution in [0.5, 0.6) is 0 Å². The predicted octanol–water partition coefficient (Wildman–Crippen LogP) is 2.24. The molecular formula is C18H28ClN3O3S2. The number of likely N-dealkylation sites (N-methyl/N-ethyl adjacent to an activating group) is 1. The number of hydrogen-bond acceptors (Lipinski definition) is 5. The summed E-state index contributed by atoms with van der Waals surface area (Å²) in [5, 5.41) is 3.60. The normalized spacial score (nSPS) is 28.1. The van der Waals surface area contributed by atoms with Gasteiger partial charge in [0.2, 0.25) is 5.91 Å². The maximum Gasteiger partial charge on any atom is 0.252 e. The van der Waals surface area contributed by atoms with Crippen LogP contribution >= 0.6 is 23.7 Å². The molecule has 2 atom stereocenters. The minimum absolute atomic E-state index is 0. The minimum Gasteiger partial charge on any atom is -0.342 e. The summed E-state index contributed by atoms with van der Waals surface area (Å²) in [4.78, 5) is 15.4. The number of carbonyl (C=O) groups is 1. The topological polar surface area (TPSA) is 69.7 Å². The Morgan fingerprint density at radius 3 is 2.48 bits per heavy atom. The fraction of sp³-hybridized carbons (Fsp3) is 0.722. The van der Waals surface area contributed by atoms with E-state index in [0.717, 1.165) is 30.6 Å². The number of hydrogen-bond donors (Lipinski definition) is 1. The number of sulfonamides is 1. The summed E-state index contributed by atoms with van der Waals surface area (Å²) in [6, 6.07) is 4.85. The lowest BCUT2D eigenvalue weighted by molar-refractivity contribution is -0.131. The molecule has 2 unspecified atom stereocenters. The van der Waals surface area contributed by atoms with Gasteiger partial charge in [0.15, 0.2) is 0 Å². The van der Waals surface area contributed by atoms with Crippen molar-refractivity contribution in [3.05, 3.63) is 17.0 Å². The van der Waals surface area contributed by atoms with E-state index in [0.29, 0.717) is 35.4 Å². The maximum atomic E-state index is 12.7. The number of carbonyl (C=O) groups excluding carboxylic acids is 1. The average molecular weight is 434 g/mol. The molecule has 6 nitrogen and oxygen atoms in total. The van der Waals surface area contributed by atoms with E-state index in [4.69, 9.17) is 0 Å². The maximum absolute atomic E-state index is 12.7. The van der Waals surface area contributed by atoms with Crippen LogP contribution in [0.1, 0.15) is 43.4 Å². The van der Waals surface area contributed by atoms with E-state index in [2.05, 4.69) is 5.32 Å².